The van der Waals surface area contributed by atoms with Crippen molar-refractivity contribution in [3.63, 3.8) is 0 Å². The molecule has 0 radical (unpaired) electrons. The zero-order chi connectivity index (χ0) is 17.8. The lowest BCUT2D eigenvalue weighted by molar-refractivity contribution is -0.119. The van der Waals surface area contributed by atoms with Crippen LogP contribution in [-0.4, -0.2) is 35.9 Å². The van der Waals surface area contributed by atoms with Crippen LogP contribution in [0.15, 0.2) is 41.8 Å². The summed E-state index contributed by atoms with van der Waals surface area (Å²) in [6, 6.07) is 8.84. The minimum Gasteiger partial charge on any atom is -0.433 e. The van der Waals surface area contributed by atoms with Gasteiger partial charge in [-0.2, -0.15) is 8.78 Å². The summed E-state index contributed by atoms with van der Waals surface area (Å²) in [4.78, 5) is 27.2. The molecule has 1 saturated heterocycles. The van der Waals surface area contributed by atoms with Crippen LogP contribution in [0.2, 0.25) is 0 Å². The van der Waals surface area contributed by atoms with E-state index in [0.29, 0.717) is 24.3 Å². The molecule has 2 aromatic rings. The van der Waals surface area contributed by atoms with Crippen LogP contribution in [0.4, 0.5) is 14.5 Å². The monoisotopic (exact) mass is 366 g/mol. The average Bonchev–Trinajstić information content (AvgIpc) is 3.27. The average molecular weight is 366 g/mol. The number of nitrogens with one attached hydrogen (secondary N) is 1. The first kappa shape index (κ1) is 17.3. The van der Waals surface area contributed by atoms with Crippen molar-refractivity contribution >= 4 is 28.8 Å². The number of nitrogens with zero attached hydrogens (tertiary/aromatic N) is 1. The molecule has 1 aliphatic heterocycles. The molecule has 0 bridgehead atoms. The highest BCUT2D eigenvalue weighted by molar-refractivity contribution is 7.12. The number of thiophene rings is 1. The molecule has 1 aromatic heterocycles. The fourth-order valence-corrected chi connectivity index (χ4v) is 3.49. The van der Waals surface area contributed by atoms with Crippen molar-refractivity contribution in [3.8, 4) is 5.75 Å². The molecule has 5 nitrogen and oxygen atoms in total. The van der Waals surface area contributed by atoms with Gasteiger partial charge < -0.3 is 15.0 Å². The highest BCUT2D eigenvalue weighted by Crippen LogP contribution is 2.28. The van der Waals surface area contributed by atoms with E-state index < -0.39 is 18.6 Å². The fraction of sp³-hybridized carbons (Fsp3) is 0.294. The van der Waals surface area contributed by atoms with E-state index in [1.54, 1.807) is 23.6 Å². The number of amides is 2. The van der Waals surface area contributed by atoms with Crippen LogP contribution < -0.4 is 10.1 Å². The van der Waals surface area contributed by atoms with Crippen molar-refractivity contribution < 1.29 is 23.1 Å². The second-order valence-electron chi connectivity index (χ2n) is 5.50. The van der Waals surface area contributed by atoms with Crippen molar-refractivity contribution in [2.24, 2.45) is 0 Å². The topological polar surface area (TPSA) is 58.6 Å². The summed E-state index contributed by atoms with van der Waals surface area (Å²) >= 11 is 1.32. The lowest BCUT2D eigenvalue weighted by atomic mass is 10.2. The first-order chi connectivity index (χ1) is 12.1. The molecule has 132 valence electrons. The van der Waals surface area contributed by atoms with Gasteiger partial charge in [0.2, 0.25) is 5.91 Å². The molecule has 25 heavy (non-hydrogen) atoms. The summed E-state index contributed by atoms with van der Waals surface area (Å²) in [5.74, 6) is -0.711. The Balaban J connectivity index is 1.74. The van der Waals surface area contributed by atoms with Gasteiger partial charge in [0.1, 0.15) is 11.8 Å². The predicted octanol–water partition coefficient (Wildman–Crippen LogP) is 3.59. The number of anilines is 1. The highest BCUT2D eigenvalue weighted by atomic mass is 32.1. The van der Waals surface area contributed by atoms with Crippen molar-refractivity contribution in [1.29, 1.82) is 0 Å². The highest BCUT2D eigenvalue weighted by Gasteiger charge is 2.35. The number of para-hydroxylation sites is 2. The van der Waals surface area contributed by atoms with E-state index in [2.05, 4.69) is 10.1 Å². The van der Waals surface area contributed by atoms with Gasteiger partial charge >= 0.3 is 6.61 Å². The quantitative estimate of drug-likeness (QED) is 0.880. The van der Waals surface area contributed by atoms with Crippen LogP contribution >= 0.6 is 11.3 Å². The molecular weight excluding hydrogens is 350 g/mol. The molecule has 1 atom stereocenters. The summed E-state index contributed by atoms with van der Waals surface area (Å²) in [5.41, 5.74) is 0.156. The molecule has 0 spiro atoms. The third-order valence-electron chi connectivity index (χ3n) is 3.91. The van der Waals surface area contributed by atoms with Crippen molar-refractivity contribution in [1.82, 2.24) is 4.90 Å². The number of likely N-dealkylation sites (tertiary alicyclic amines) is 1. The Morgan fingerprint density at radius 1 is 1.24 bits per heavy atom. The van der Waals surface area contributed by atoms with Crippen LogP contribution in [0.3, 0.4) is 0 Å². The molecule has 0 unspecified atom stereocenters. The summed E-state index contributed by atoms with van der Waals surface area (Å²) in [6.45, 7) is -2.49. The zero-order valence-electron chi connectivity index (χ0n) is 13.2. The molecule has 1 aromatic carbocycles. The van der Waals surface area contributed by atoms with Crippen LogP contribution in [0.25, 0.3) is 0 Å². The van der Waals surface area contributed by atoms with Crippen LogP contribution in [0, 0.1) is 0 Å². The third-order valence-corrected chi connectivity index (χ3v) is 4.77. The second-order valence-corrected chi connectivity index (χ2v) is 6.45. The number of ether oxygens (including phenoxy) is 1. The Bertz CT molecular complexity index is 752. The van der Waals surface area contributed by atoms with Crippen LogP contribution in [-0.2, 0) is 4.79 Å². The van der Waals surface area contributed by atoms with Gasteiger partial charge in [0, 0.05) is 6.54 Å². The summed E-state index contributed by atoms with van der Waals surface area (Å²) in [7, 11) is 0. The van der Waals surface area contributed by atoms with Gasteiger partial charge in [0.25, 0.3) is 5.91 Å². The lowest BCUT2D eigenvalue weighted by Gasteiger charge is -2.24. The van der Waals surface area contributed by atoms with Gasteiger partial charge in [0.15, 0.2) is 0 Å². The van der Waals surface area contributed by atoms with Crippen molar-refractivity contribution in [3.05, 3.63) is 46.7 Å². The van der Waals surface area contributed by atoms with Crippen molar-refractivity contribution in [2.75, 3.05) is 11.9 Å². The van der Waals surface area contributed by atoms with Gasteiger partial charge in [-0.1, -0.05) is 18.2 Å². The summed E-state index contributed by atoms with van der Waals surface area (Å²) in [6.07, 6.45) is 1.24. The summed E-state index contributed by atoms with van der Waals surface area (Å²) < 4.78 is 29.4. The second kappa shape index (κ2) is 7.60. The Kier molecular flexibility index (Phi) is 5.28. The van der Waals surface area contributed by atoms with E-state index in [1.807, 2.05) is 0 Å². The molecule has 2 amide bonds. The molecule has 2 heterocycles. The SMILES string of the molecule is O=C(Nc1ccccc1OC(F)F)[C@H]1CCCN1C(=O)c1cccs1. The molecule has 8 heteroatoms. The van der Waals surface area contributed by atoms with E-state index in [-0.39, 0.29) is 17.3 Å². The number of hydrogen-bond acceptors (Lipinski definition) is 4. The largest absolute Gasteiger partial charge is 0.433 e. The standard InChI is InChI=1S/C17H16F2N2O3S/c18-17(19)24-13-7-2-1-5-11(13)20-15(22)12-6-3-9-21(12)16(23)14-8-4-10-25-14/h1-2,4-5,7-8,10,12,17H,3,6,9H2,(H,20,22)/t12-/m1/s1. The maximum atomic E-state index is 12.6. The van der Waals surface area contributed by atoms with Gasteiger partial charge in [-0.05, 0) is 36.4 Å². The Morgan fingerprint density at radius 2 is 2.04 bits per heavy atom. The number of alkyl halides is 2. The van der Waals surface area contributed by atoms with Gasteiger partial charge in [-0.25, -0.2) is 0 Å². The Morgan fingerprint density at radius 3 is 2.76 bits per heavy atom. The summed E-state index contributed by atoms with van der Waals surface area (Å²) in [5, 5.41) is 4.40. The van der Waals surface area contributed by atoms with E-state index >= 15 is 0 Å². The number of carbonyl (C=O) groups excluding carboxylic acids is 2. The normalized spacial score (nSPS) is 16.9. The molecule has 1 N–H and O–H groups in total. The predicted molar refractivity (Wildman–Crippen MR) is 90.1 cm³/mol. The van der Waals surface area contributed by atoms with E-state index in [0.717, 1.165) is 0 Å². The maximum absolute atomic E-state index is 12.6. The number of benzene rings is 1. The molecule has 0 aliphatic carbocycles. The number of rotatable bonds is 5. The number of halogens is 2. The number of carbonyl (C=O) groups is 2. The Hall–Kier alpha value is -2.48. The van der Waals surface area contributed by atoms with Gasteiger partial charge in [-0.15, -0.1) is 11.3 Å². The van der Waals surface area contributed by atoms with Gasteiger partial charge in [-0.3, -0.25) is 9.59 Å². The zero-order valence-corrected chi connectivity index (χ0v) is 14.0. The molecule has 3 rings (SSSR count). The molecule has 1 fully saturated rings. The van der Waals surface area contributed by atoms with E-state index in [4.69, 9.17) is 0 Å². The first-order valence-electron chi connectivity index (χ1n) is 7.75. The van der Waals surface area contributed by atoms with Crippen LogP contribution in [0.1, 0.15) is 22.5 Å². The maximum Gasteiger partial charge on any atom is 0.387 e. The molecule has 0 saturated carbocycles. The molecular formula is C17H16F2N2O3S. The number of hydrogen-bond donors (Lipinski definition) is 1. The smallest absolute Gasteiger partial charge is 0.387 e. The van der Waals surface area contributed by atoms with Crippen LogP contribution in [0.5, 0.6) is 5.75 Å². The third kappa shape index (κ3) is 3.96. The van der Waals surface area contributed by atoms with E-state index in [9.17, 15) is 18.4 Å². The fourth-order valence-electron chi connectivity index (χ4n) is 2.81. The van der Waals surface area contributed by atoms with Crippen molar-refractivity contribution in [2.45, 2.75) is 25.5 Å². The van der Waals surface area contributed by atoms with Gasteiger partial charge in [0.05, 0.1) is 10.6 Å². The molecule has 1 aliphatic rings. The minimum atomic E-state index is -2.98. The first-order valence-corrected chi connectivity index (χ1v) is 8.63. The minimum absolute atomic E-state index is 0.111. The van der Waals surface area contributed by atoms with E-state index in [1.165, 1.54) is 34.4 Å². The Labute approximate surface area is 147 Å². The lowest BCUT2D eigenvalue weighted by Crippen LogP contribution is -2.43.